The number of nitrogens with zero attached hydrogens (tertiary/aromatic N) is 1. The number of nitrogens with two attached hydrogens (primary N) is 2. The third-order valence-electron chi connectivity index (χ3n) is 1.84. The van der Waals surface area contributed by atoms with Crippen molar-refractivity contribution in [3.05, 3.63) is 0 Å². The van der Waals surface area contributed by atoms with E-state index in [-0.39, 0.29) is 0 Å². The van der Waals surface area contributed by atoms with Gasteiger partial charge in [0, 0.05) is 6.54 Å². The molecule has 0 atom stereocenters. The third kappa shape index (κ3) is 2.64. The highest BCUT2D eigenvalue weighted by atomic mass is 15.3. The summed E-state index contributed by atoms with van der Waals surface area (Å²) in [5.74, 6) is -0.615. The molecule has 62 valence electrons. The highest BCUT2D eigenvalue weighted by molar-refractivity contribution is 4.72. The second-order valence-electron chi connectivity index (χ2n) is 2.77. The van der Waals surface area contributed by atoms with Gasteiger partial charge in [0.2, 0.25) is 0 Å². The maximum atomic E-state index is 5.75. The minimum atomic E-state index is -0.615. The van der Waals surface area contributed by atoms with Crippen molar-refractivity contribution in [2.75, 3.05) is 13.6 Å². The van der Waals surface area contributed by atoms with Crippen LogP contribution >= 0.6 is 0 Å². The molecule has 0 amide bonds. The molecule has 10 heavy (non-hydrogen) atoms. The van der Waals surface area contributed by atoms with Crippen molar-refractivity contribution in [3.63, 3.8) is 0 Å². The van der Waals surface area contributed by atoms with Crippen LogP contribution in [0.25, 0.3) is 0 Å². The predicted molar refractivity (Wildman–Crippen MR) is 44.3 cm³/mol. The second kappa shape index (κ2) is 3.91. The summed E-state index contributed by atoms with van der Waals surface area (Å²) in [5.41, 5.74) is 11.5. The molecule has 0 aliphatic carbocycles. The van der Waals surface area contributed by atoms with E-state index in [1.165, 1.54) is 0 Å². The summed E-state index contributed by atoms with van der Waals surface area (Å²) in [6, 6.07) is 0. The molecule has 0 heterocycles. The molecule has 4 N–H and O–H groups in total. The van der Waals surface area contributed by atoms with Gasteiger partial charge in [-0.1, -0.05) is 13.8 Å². The van der Waals surface area contributed by atoms with Crippen LogP contribution < -0.4 is 11.5 Å². The Morgan fingerprint density at radius 1 is 1.30 bits per heavy atom. The predicted octanol–water partition coefficient (Wildman–Crippen LogP) is 0.309. The lowest BCUT2D eigenvalue weighted by Gasteiger charge is -2.33. The molecule has 0 bridgehead atoms. The summed E-state index contributed by atoms with van der Waals surface area (Å²) in [6.45, 7) is 5.06. The van der Waals surface area contributed by atoms with E-state index in [0.717, 1.165) is 19.4 Å². The Hall–Kier alpha value is -0.120. The topological polar surface area (TPSA) is 55.3 Å². The summed E-state index contributed by atoms with van der Waals surface area (Å²) in [5, 5.41) is 0. The molecular formula is C7H19N3. The van der Waals surface area contributed by atoms with Crippen molar-refractivity contribution in [1.82, 2.24) is 4.90 Å². The fraction of sp³-hybridized carbons (Fsp3) is 1.00. The molecule has 3 nitrogen and oxygen atoms in total. The summed E-state index contributed by atoms with van der Waals surface area (Å²) in [4.78, 5) is 1.98. The molecule has 0 rings (SSSR count). The van der Waals surface area contributed by atoms with Gasteiger partial charge in [-0.2, -0.15) is 0 Å². The highest BCUT2D eigenvalue weighted by Gasteiger charge is 2.20. The second-order valence-corrected chi connectivity index (χ2v) is 2.77. The summed E-state index contributed by atoms with van der Waals surface area (Å²) >= 11 is 0. The van der Waals surface area contributed by atoms with Gasteiger partial charge in [-0.25, -0.2) is 0 Å². The maximum Gasteiger partial charge on any atom is 0.120 e. The van der Waals surface area contributed by atoms with E-state index in [1.54, 1.807) is 0 Å². The molecule has 0 aromatic rings. The third-order valence-corrected chi connectivity index (χ3v) is 1.84. The molecule has 0 saturated heterocycles. The quantitative estimate of drug-likeness (QED) is 0.560. The van der Waals surface area contributed by atoms with Crippen LogP contribution in [0.3, 0.4) is 0 Å². The van der Waals surface area contributed by atoms with Crippen molar-refractivity contribution < 1.29 is 0 Å². The van der Waals surface area contributed by atoms with Crippen LogP contribution in [0.4, 0.5) is 0 Å². The van der Waals surface area contributed by atoms with Gasteiger partial charge < -0.3 is 11.5 Å². The summed E-state index contributed by atoms with van der Waals surface area (Å²) in [6.07, 6.45) is 1.87. The van der Waals surface area contributed by atoms with Crippen LogP contribution in [0.2, 0.25) is 0 Å². The molecule has 0 unspecified atom stereocenters. The molecular weight excluding hydrogens is 126 g/mol. The van der Waals surface area contributed by atoms with Crippen LogP contribution in [0.5, 0.6) is 0 Å². The minimum Gasteiger partial charge on any atom is -0.301 e. The lowest BCUT2D eigenvalue weighted by molar-refractivity contribution is 0.126. The molecule has 0 aromatic carbocycles. The van der Waals surface area contributed by atoms with Gasteiger partial charge >= 0.3 is 0 Å². The van der Waals surface area contributed by atoms with Gasteiger partial charge in [0.15, 0.2) is 0 Å². The molecule has 0 radical (unpaired) electrons. The summed E-state index contributed by atoms with van der Waals surface area (Å²) < 4.78 is 0. The largest absolute Gasteiger partial charge is 0.301 e. The Balaban J connectivity index is 3.78. The fourth-order valence-electron chi connectivity index (χ4n) is 0.813. The Morgan fingerprint density at radius 2 is 1.80 bits per heavy atom. The molecule has 0 saturated carbocycles. The van der Waals surface area contributed by atoms with Gasteiger partial charge in [0.05, 0.1) is 0 Å². The highest BCUT2D eigenvalue weighted by Crippen LogP contribution is 2.03. The first-order chi connectivity index (χ1) is 4.54. The van der Waals surface area contributed by atoms with E-state index < -0.39 is 5.79 Å². The Labute approximate surface area is 63.4 Å². The summed E-state index contributed by atoms with van der Waals surface area (Å²) in [7, 11) is 1.95. The smallest absolute Gasteiger partial charge is 0.120 e. The van der Waals surface area contributed by atoms with Gasteiger partial charge in [0.25, 0.3) is 0 Å². The average molecular weight is 145 g/mol. The zero-order valence-electron chi connectivity index (χ0n) is 7.22. The van der Waals surface area contributed by atoms with Gasteiger partial charge in [-0.3, -0.25) is 4.90 Å². The fourth-order valence-corrected chi connectivity index (χ4v) is 0.813. The van der Waals surface area contributed by atoms with Crippen LogP contribution in [0, 0.1) is 0 Å². The number of rotatable bonds is 4. The van der Waals surface area contributed by atoms with Crippen LogP contribution in [-0.4, -0.2) is 24.3 Å². The first kappa shape index (κ1) is 9.88. The van der Waals surface area contributed by atoms with E-state index in [9.17, 15) is 0 Å². The number of hydrogen-bond donors (Lipinski definition) is 2. The minimum absolute atomic E-state index is 0.615. The van der Waals surface area contributed by atoms with Crippen LogP contribution in [-0.2, 0) is 0 Å². The molecule has 0 aromatic heterocycles. The van der Waals surface area contributed by atoms with E-state index >= 15 is 0 Å². The van der Waals surface area contributed by atoms with Crippen molar-refractivity contribution in [2.45, 2.75) is 32.5 Å². The zero-order chi connectivity index (χ0) is 8.20. The zero-order valence-corrected chi connectivity index (χ0v) is 7.22. The average Bonchev–Trinajstić information content (AvgIpc) is 1.89. The van der Waals surface area contributed by atoms with Crippen molar-refractivity contribution >= 4 is 0 Å². The SMILES string of the molecule is CCCN(C)C(N)(N)CC. The standard InChI is InChI=1S/C7H19N3/c1-4-6-10(3)7(8,9)5-2/h4-6,8-9H2,1-3H3. The van der Waals surface area contributed by atoms with Crippen molar-refractivity contribution in [3.8, 4) is 0 Å². The van der Waals surface area contributed by atoms with E-state index in [0.29, 0.717) is 0 Å². The normalized spacial score (nSPS) is 12.6. The van der Waals surface area contributed by atoms with Crippen molar-refractivity contribution in [2.24, 2.45) is 11.5 Å². The number of hydrogen-bond acceptors (Lipinski definition) is 3. The monoisotopic (exact) mass is 145 g/mol. The van der Waals surface area contributed by atoms with Gasteiger partial charge in [0.1, 0.15) is 5.79 Å². The van der Waals surface area contributed by atoms with Gasteiger partial charge in [-0.15, -0.1) is 0 Å². The lowest BCUT2D eigenvalue weighted by atomic mass is 10.2. The van der Waals surface area contributed by atoms with E-state index in [4.69, 9.17) is 11.5 Å². The molecule has 3 heteroatoms. The van der Waals surface area contributed by atoms with Gasteiger partial charge in [-0.05, 0) is 19.9 Å². The molecule has 0 spiro atoms. The maximum absolute atomic E-state index is 5.75. The Bertz CT molecular complexity index is 90.9. The van der Waals surface area contributed by atoms with Crippen LogP contribution in [0.1, 0.15) is 26.7 Å². The van der Waals surface area contributed by atoms with Crippen molar-refractivity contribution in [1.29, 1.82) is 0 Å². The Kier molecular flexibility index (Phi) is 3.86. The first-order valence-corrected chi connectivity index (χ1v) is 3.83. The van der Waals surface area contributed by atoms with Crippen LogP contribution in [0.15, 0.2) is 0 Å². The first-order valence-electron chi connectivity index (χ1n) is 3.83. The van der Waals surface area contributed by atoms with E-state index in [2.05, 4.69) is 6.92 Å². The molecule has 0 fully saturated rings. The molecule has 0 aliphatic heterocycles. The molecule has 0 aliphatic rings. The van der Waals surface area contributed by atoms with E-state index in [1.807, 2.05) is 18.9 Å². The Morgan fingerprint density at radius 3 is 2.10 bits per heavy atom. The lowest BCUT2D eigenvalue weighted by Crippen LogP contribution is -2.61.